The van der Waals surface area contributed by atoms with Crippen molar-refractivity contribution in [3.63, 3.8) is 0 Å². The highest BCUT2D eigenvalue weighted by molar-refractivity contribution is 6.23. The molecule has 0 N–H and O–H groups in total. The van der Waals surface area contributed by atoms with Crippen molar-refractivity contribution < 1.29 is 19.0 Å². The first kappa shape index (κ1) is 18.3. The Morgan fingerprint density at radius 3 is 2.28 bits per heavy atom. The molecular formula is C24H25NO4. The van der Waals surface area contributed by atoms with E-state index in [4.69, 9.17) is 14.2 Å². The van der Waals surface area contributed by atoms with Gasteiger partial charge in [0.15, 0.2) is 17.3 Å². The molecule has 0 saturated carbocycles. The lowest BCUT2D eigenvalue weighted by Gasteiger charge is -2.40. The van der Waals surface area contributed by atoms with E-state index in [1.165, 1.54) is 0 Å². The lowest BCUT2D eigenvalue weighted by molar-refractivity contribution is 0.0652. The molecule has 1 fully saturated rings. The van der Waals surface area contributed by atoms with E-state index in [9.17, 15) is 4.79 Å². The summed E-state index contributed by atoms with van der Waals surface area (Å²) in [5, 5.41) is 4.08. The first-order chi connectivity index (χ1) is 14.0. The Bertz CT molecular complexity index is 1170. The zero-order valence-electron chi connectivity index (χ0n) is 17.3. The van der Waals surface area contributed by atoms with Crippen molar-refractivity contribution in [2.75, 3.05) is 27.9 Å². The van der Waals surface area contributed by atoms with E-state index < -0.39 is 5.54 Å². The number of benzene rings is 3. The van der Waals surface area contributed by atoms with Crippen molar-refractivity contribution in [3.8, 4) is 17.2 Å². The molecular weight excluding hydrogens is 366 g/mol. The normalized spacial score (nSPS) is 21.3. The molecule has 0 aromatic heterocycles. The van der Waals surface area contributed by atoms with Gasteiger partial charge in [0, 0.05) is 12.1 Å². The van der Waals surface area contributed by atoms with Crippen molar-refractivity contribution in [1.29, 1.82) is 0 Å². The Morgan fingerprint density at radius 2 is 1.59 bits per heavy atom. The van der Waals surface area contributed by atoms with Gasteiger partial charge < -0.3 is 14.2 Å². The maximum absolute atomic E-state index is 13.8. The third-order valence-corrected chi connectivity index (χ3v) is 6.79. The Morgan fingerprint density at radius 1 is 0.897 bits per heavy atom. The predicted octanol–water partition coefficient (Wildman–Crippen LogP) is 4.57. The SMILES string of the molecule is COc1ccc2c3c(c4cc(OC)c(OC)cc4c2c1)C(=O)[C@]1(C)CCCN1C3. The molecule has 3 aromatic rings. The number of carbonyl (C=O) groups excluding carboxylic acids is 1. The van der Waals surface area contributed by atoms with Gasteiger partial charge in [-0.15, -0.1) is 0 Å². The molecule has 2 aliphatic heterocycles. The second kappa shape index (κ2) is 6.36. The fourth-order valence-electron chi connectivity index (χ4n) is 5.16. The number of fused-ring (bicyclic) bond motifs is 7. The summed E-state index contributed by atoms with van der Waals surface area (Å²) in [6.45, 7) is 3.84. The van der Waals surface area contributed by atoms with E-state index in [-0.39, 0.29) is 5.78 Å². The average Bonchev–Trinajstić information content (AvgIpc) is 3.14. The van der Waals surface area contributed by atoms with Crippen LogP contribution in [0.5, 0.6) is 17.2 Å². The smallest absolute Gasteiger partial charge is 0.183 e. The predicted molar refractivity (Wildman–Crippen MR) is 113 cm³/mol. The minimum Gasteiger partial charge on any atom is -0.497 e. The van der Waals surface area contributed by atoms with E-state index >= 15 is 0 Å². The van der Waals surface area contributed by atoms with Crippen LogP contribution in [0, 0.1) is 0 Å². The Hall–Kier alpha value is -2.79. The Kier molecular flexibility index (Phi) is 4.00. The van der Waals surface area contributed by atoms with Gasteiger partial charge in [-0.2, -0.15) is 0 Å². The summed E-state index contributed by atoms with van der Waals surface area (Å²) < 4.78 is 16.6. The van der Waals surface area contributed by atoms with Crippen LogP contribution in [-0.4, -0.2) is 44.1 Å². The van der Waals surface area contributed by atoms with Crippen molar-refractivity contribution in [2.45, 2.75) is 31.8 Å². The van der Waals surface area contributed by atoms with Gasteiger partial charge in [0.05, 0.1) is 26.9 Å². The van der Waals surface area contributed by atoms with Crippen molar-refractivity contribution in [1.82, 2.24) is 4.90 Å². The third kappa shape index (κ3) is 2.40. The van der Waals surface area contributed by atoms with Crippen LogP contribution in [0.15, 0.2) is 30.3 Å². The molecule has 0 radical (unpaired) electrons. The van der Waals surface area contributed by atoms with Crippen LogP contribution in [0.25, 0.3) is 21.5 Å². The van der Waals surface area contributed by atoms with E-state index in [1.54, 1.807) is 21.3 Å². The molecule has 5 nitrogen and oxygen atoms in total. The van der Waals surface area contributed by atoms with Gasteiger partial charge in [-0.05, 0) is 77.7 Å². The van der Waals surface area contributed by atoms with E-state index in [2.05, 4.69) is 17.9 Å². The van der Waals surface area contributed by atoms with Gasteiger partial charge in [0.1, 0.15) is 5.75 Å². The van der Waals surface area contributed by atoms with Crippen molar-refractivity contribution >= 4 is 27.3 Å². The lowest BCUT2D eigenvalue weighted by Crippen LogP contribution is -2.51. The van der Waals surface area contributed by atoms with Gasteiger partial charge in [-0.25, -0.2) is 0 Å². The largest absolute Gasteiger partial charge is 0.497 e. The standard InChI is InChI=1S/C24H25NO4/c1-24-8-5-9-25(24)13-19-15-7-6-14(27-2)10-16(15)17-11-20(28-3)21(29-4)12-18(17)22(19)23(24)26/h6-7,10-12H,5,8-9,13H2,1-4H3/t24-/m0/s1. The van der Waals surface area contributed by atoms with Gasteiger partial charge in [-0.3, -0.25) is 9.69 Å². The first-order valence-electron chi connectivity index (χ1n) is 10.00. The molecule has 0 aliphatic carbocycles. The quantitative estimate of drug-likeness (QED) is 0.612. The number of Topliss-reactive ketones (excluding diaryl/α,β-unsaturated/α-hetero) is 1. The van der Waals surface area contributed by atoms with Crippen LogP contribution in [0.3, 0.4) is 0 Å². The first-order valence-corrected chi connectivity index (χ1v) is 10.00. The van der Waals surface area contributed by atoms with Crippen LogP contribution in [0.1, 0.15) is 35.7 Å². The summed E-state index contributed by atoms with van der Waals surface area (Å²) in [7, 11) is 4.93. The van der Waals surface area contributed by atoms with E-state index in [1.807, 2.05) is 24.3 Å². The molecule has 0 unspecified atom stereocenters. The molecule has 5 rings (SSSR count). The summed E-state index contributed by atoms with van der Waals surface area (Å²) in [5.74, 6) is 2.30. The highest BCUT2D eigenvalue weighted by Crippen LogP contribution is 2.47. The van der Waals surface area contributed by atoms with Crippen molar-refractivity contribution in [3.05, 3.63) is 41.5 Å². The number of carbonyl (C=O) groups is 1. The lowest BCUT2D eigenvalue weighted by atomic mass is 9.78. The molecule has 3 aromatic carbocycles. The maximum Gasteiger partial charge on any atom is 0.183 e. The van der Waals surface area contributed by atoms with Crippen LogP contribution in [-0.2, 0) is 6.54 Å². The molecule has 2 aliphatic rings. The fraction of sp³-hybridized carbons (Fsp3) is 0.375. The van der Waals surface area contributed by atoms with E-state index in [0.717, 1.165) is 64.4 Å². The minimum atomic E-state index is -0.423. The van der Waals surface area contributed by atoms with Crippen LogP contribution < -0.4 is 14.2 Å². The number of methoxy groups -OCH3 is 3. The maximum atomic E-state index is 13.8. The second-order valence-corrected chi connectivity index (χ2v) is 8.15. The molecule has 150 valence electrons. The number of hydrogen-bond donors (Lipinski definition) is 0. The zero-order chi connectivity index (χ0) is 20.3. The molecule has 0 bridgehead atoms. The molecule has 0 amide bonds. The van der Waals surface area contributed by atoms with Gasteiger partial charge in [0.25, 0.3) is 0 Å². The summed E-state index contributed by atoms with van der Waals surface area (Å²) in [4.78, 5) is 16.2. The molecule has 5 heteroatoms. The monoisotopic (exact) mass is 391 g/mol. The van der Waals surface area contributed by atoms with Crippen LogP contribution >= 0.6 is 0 Å². The average molecular weight is 391 g/mol. The zero-order valence-corrected chi connectivity index (χ0v) is 17.3. The number of hydrogen-bond acceptors (Lipinski definition) is 5. The summed E-state index contributed by atoms with van der Waals surface area (Å²) >= 11 is 0. The molecule has 29 heavy (non-hydrogen) atoms. The van der Waals surface area contributed by atoms with Crippen LogP contribution in [0.4, 0.5) is 0 Å². The third-order valence-electron chi connectivity index (χ3n) is 6.79. The number of ether oxygens (including phenoxy) is 3. The fourth-order valence-corrected chi connectivity index (χ4v) is 5.16. The Balaban J connectivity index is 1.95. The molecule has 1 saturated heterocycles. The number of ketones is 1. The molecule has 1 atom stereocenters. The van der Waals surface area contributed by atoms with E-state index in [0.29, 0.717) is 11.5 Å². The highest BCUT2D eigenvalue weighted by Gasteiger charge is 2.48. The molecule has 2 heterocycles. The number of rotatable bonds is 3. The Labute approximate surface area is 170 Å². The summed E-state index contributed by atoms with van der Waals surface area (Å²) in [6.07, 6.45) is 1.96. The molecule has 0 spiro atoms. The second-order valence-electron chi connectivity index (χ2n) is 8.15. The highest BCUT2D eigenvalue weighted by atomic mass is 16.5. The van der Waals surface area contributed by atoms with Crippen LogP contribution in [0.2, 0.25) is 0 Å². The van der Waals surface area contributed by atoms with Gasteiger partial charge in [0.2, 0.25) is 0 Å². The summed E-state index contributed by atoms with van der Waals surface area (Å²) in [6, 6.07) is 10.0. The topological polar surface area (TPSA) is 48.0 Å². The number of nitrogens with zero attached hydrogens (tertiary/aromatic N) is 1. The van der Waals surface area contributed by atoms with Gasteiger partial charge >= 0.3 is 0 Å². The summed E-state index contributed by atoms with van der Waals surface area (Å²) in [5.41, 5.74) is 1.51. The minimum absolute atomic E-state index is 0.214. The van der Waals surface area contributed by atoms with Crippen molar-refractivity contribution in [2.24, 2.45) is 0 Å². The van der Waals surface area contributed by atoms with Gasteiger partial charge in [-0.1, -0.05) is 6.07 Å².